The Labute approximate surface area is 125 Å². The third-order valence-corrected chi connectivity index (χ3v) is 6.55. The first-order valence-corrected chi connectivity index (χ1v) is 8.80. The Hall–Kier alpha value is -0.620. The van der Waals surface area contributed by atoms with Crippen LogP contribution in [0.15, 0.2) is 23.1 Å². The molecule has 1 aromatic carbocycles. The molecule has 2 atom stereocenters. The highest BCUT2D eigenvalue weighted by Crippen LogP contribution is 2.31. The van der Waals surface area contributed by atoms with Gasteiger partial charge in [0.25, 0.3) is 0 Å². The SMILES string of the molecule is Cc1cc(Cl)ccc1S(=O)(=O)N1C[C@@H]2CCCN[C@@H]2C1. The van der Waals surface area contributed by atoms with E-state index in [1.54, 1.807) is 29.4 Å². The summed E-state index contributed by atoms with van der Waals surface area (Å²) in [4.78, 5) is 0.376. The molecule has 0 spiro atoms. The molecule has 0 radical (unpaired) electrons. The summed E-state index contributed by atoms with van der Waals surface area (Å²) in [7, 11) is -3.41. The molecule has 3 rings (SSSR count). The van der Waals surface area contributed by atoms with E-state index in [1.807, 2.05) is 0 Å². The van der Waals surface area contributed by atoms with Crippen LogP contribution in [0.4, 0.5) is 0 Å². The van der Waals surface area contributed by atoms with Gasteiger partial charge in [0.2, 0.25) is 10.0 Å². The number of hydrogen-bond acceptors (Lipinski definition) is 3. The number of rotatable bonds is 2. The van der Waals surface area contributed by atoms with Crippen LogP contribution >= 0.6 is 11.6 Å². The molecule has 1 aromatic rings. The highest BCUT2D eigenvalue weighted by atomic mass is 35.5. The van der Waals surface area contributed by atoms with Crippen LogP contribution in [0.2, 0.25) is 5.02 Å². The molecule has 0 amide bonds. The number of sulfonamides is 1. The summed E-state index contributed by atoms with van der Waals surface area (Å²) in [5, 5.41) is 4.00. The average molecular weight is 315 g/mol. The molecule has 0 aliphatic carbocycles. The minimum Gasteiger partial charge on any atom is -0.312 e. The van der Waals surface area contributed by atoms with Crippen molar-refractivity contribution in [1.29, 1.82) is 0 Å². The summed E-state index contributed by atoms with van der Waals surface area (Å²) in [5.74, 6) is 0.450. The molecule has 2 aliphatic heterocycles. The number of fused-ring (bicyclic) bond motifs is 1. The molecule has 2 saturated heterocycles. The third kappa shape index (κ3) is 2.48. The van der Waals surface area contributed by atoms with Gasteiger partial charge in [0, 0.05) is 24.2 Å². The van der Waals surface area contributed by atoms with Crippen molar-refractivity contribution in [2.75, 3.05) is 19.6 Å². The molecular formula is C14H19ClN2O2S. The van der Waals surface area contributed by atoms with Crippen LogP contribution < -0.4 is 5.32 Å². The normalized spacial score (nSPS) is 27.5. The zero-order chi connectivity index (χ0) is 14.3. The quantitative estimate of drug-likeness (QED) is 0.908. The first-order valence-electron chi connectivity index (χ1n) is 6.98. The molecule has 2 heterocycles. The summed E-state index contributed by atoms with van der Waals surface area (Å²) in [6, 6.07) is 5.27. The maximum absolute atomic E-state index is 12.8. The molecule has 6 heteroatoms. The summed E-state index contributed by atoms with van der Waals surface area (Å²) in [6.45, 7) is 3.99. The minimum absolute atomic E-state index is 0.311. The van der Waals surface area contributed by atoms with Gasteiger partial charge in [-0.3, -0.25) is 0 Å². The molecule has 20 heavy (non-hydrogen) atoms. The smallest absolute Gasteiger partial charge is 0.243 e. The number of nitrogens with one attached hydrogen (secondary N) is 1. The Morgan fingerprint density at radius 2 is 2.15 bits per heavy atom. The first kappa shape index (κ1) is 14.3. The summed E-state index contributed by atoms with van der Waals surface area (Å²) >= 11 is 5.91. The number of piperidine rings is 1. The maximum atomic E-state index is 12.8. The van der Waals surface area contributed by atoms with Crippen molar-refractivity contribution in [1.82, 2.24) is 9.62 Å². The van der Waals surface area contributed by atoms with E-state index in [0.717, 1.165) is 19.4 Å². The predicted molar refractivity (Wildman–Crippen MR) is 79.5 cm³/mol. The topological polar surface area (TPSA) is 49.4 Å². The number of halogens is 1. The summed E-state index contributed by atoms with van der Waals surface area (Å²) in [6.07, 6.45) is 2.25. The fourth-order valence-corrected chi connectivity index (χ4v) is 5.20. The Bertz CT molecular complexity index is 604. The second-order valence-electron chi connectivity index (χ2n) is 5.69. The van der Waals surface area contributed by atoms with Gasteiger partial charge in [-0.25, -0.2) is 8.42 Å². The van der Waals surface area contributed by atoms with Crippen LogP contribution in [0.3, 0.4) is 0 Å². The standard InChI is InChI=1S/C14H19ClN2O2S/c1-10-7-12(15)4-5-14(10)20(18,19)17-8-11-3-2-6-16-13(11)9-17/h4-5,7,11,13,16H,2-3,6,8-9H2,1H3/t11-,13+/m0/s1. The lowest BCUT2D eigenvalue weighted by Gasteiger charge is -2.24. The lowest BCUT2D eigenvalue weighted by atomic mass is 9.94. The van der Waals surface area contributed by atoms with Gasteiger partial charge in [-0.15, -0.1) is 0 Å². The molecular weight excluding hydrogens is 296 g/mol. The Kier molecular flexibility index (Phi) is 3.79. The average Bonchev–Trinajstić information content (AvgIpc) is 2.82. The number of benzene rings is 1. The summed E-state index contributed by atoms with van der Waals surface area (Å²) < 4.78 is 27.2. The molecule has 0 saturated carbocycles. The van der Waals surface area contributed by atoms with Crippen molar-refractivity contribution < 1.29 is 8.42 Å². The Balaban J connectivity index is 1.89. The van der Waals surface area contributed by atoms with Gasteiger partial charge in [0.15, 0.2) is 0 Å². The van der Waals surface area contributed by atoms with Gasteiger partial charge in [-0.2, -0.15) is 4.31 Å². The fraction of sp³-hybridized carbons (Fsp3) is 0.571. The maximum Gasteiger partial charge on any atom is 0.243 e. The van der Waals surface area contributed by atoms with E-state index in [-0.39, 0.29) is 0 Å². The highest BCUT2D eigenvalue weighted by molar-refractivity contribution is 7.89. The zero-order valence-electron chi connectivity index (χ0n) is 11.5. The fourth-order valence-electron chi connectivity index (χ4n) is 3.24. The lowest BCUT2D eigenvalue weighted by Crippen LogP contribution is -2.41. The molecule has 2 fully saturated rings. The molecule has 2 aliphatic rings. The van der Waals surface area contributed by atoms with E-state index >= 15 is 0 Å². The molecule has 1 N–H and O–H groups in total. The van der Waals surface area contributed by atoms with Crippen molar-refractivity contribution in [2.45, 2.75) is 30.7 Å². The van der Waals surface area contributed by atoms with Crippen LogP contribution in [0.1, 0.15) is 18.4 Å². The van der Waals surface area contributed by atoms with Gasteiger partial charge >= 0.3 is 0 Å². The number of aryl methyl sites for hydroxylation is 1. The Morgan fingerprint density at radius 1 is 1.35 bits per heavy atom. The minimum atomic E-state index is -3.41. The van der Waals surface area contributed by atoms with Crippen LogP contribution in [0, 0.1) is 12.8 Å². The van der Waals surface area contributed by atoms with Gasteiger partial charge in [0.1, 0.15) is 0 Å². The van der Waals surface area contributed by atoms with Crippen LogP contribution in [-0.2, 0) is 10.0 Å². The largest absolute Gasteiger partial charge is 0.312 e. The van der Waals surface area contributed by atoms with Crippen LogP contribution in [-0.4, -0.2) is 38.4 Å². The van der Waals surface area contributed by atoms with Crippen LogP contribution in [0.25, 0.3) is 0 Å². The van der Waals surface area contributed by atoms with Crippen molar-refractivity contribution in [2.24, 2.45) is 5.92 Å². The second-order valence-corrected chi connectivity index (χ2v) is 8.04. The van der Waals surface area contributed by atoms with E-state index in [4.69, 9.17) is 11.6 Å². The van der Waals surface area contributed by atoms with Crippen molar-refractivity contribution >= 4 is 21.6 Å². The first-order chi connectivity index (χ1) is 9.48. The van der Waals surface area contributed by atoms with E-state index in [0.29, 0.717) is 40.5 Å². The third-order valence-electron chi connectivity index (χ3n) is 4.32. The van der Waals surface area contributed by atoms with E-state index in [9.17, 15) is 8.42 Å². The van der Waals surface area contributed by atoms with Crippen LogP contribution in [0.5, 0.6) is 0 Å². The second kappa shape index (κ2) is 5.30. The van der Waals surface area contributed by atoms with Gasteiger partial charge in [-0.05, 0) is 56.0 Å². The molecule has 110 valence electrons. The van der Waals surface area contributed by atoms with Crippen molar-refractivity contribution in [3.8, 4) is 0 Å². The molecule has 0 bridgehead atoms. The Morgan fingerprint density at radius 3 is 2.85 bits per heavy atom. The van der Waals surface area contributed by atoms with Gasteiger partial charge in [0.05, 0.1) is 4.90 Å². The number of hydrogen-bond donors (Lipinski definition) is 1. The zero-order valence-corrected chi connectivity index (χ0v) is 13.0. The van der Waals surface area contributed by atoms with Crippen molar-refractivity contribution in [3.05, 3.63) is 28.8 Å². The number of nitrogens with zero attached hydrogens (tertiary/aromatic N) is 1. The van der Waals surface area contributed by atoms with E-state index in [2.05, 4.69) is 5.32 Å². The summed E-state index contributed by atoms with van der Waals surface area (Å²) in [5.41, 5.74) is 0.709. The monoisotopic (exact) mass is 314 g/mol. The van der Waals surface area contributed by atoms with E-state index in [1.165, 1.54) is 0 Å². The molecule has 0 unspecified atom stereocenters. The lowest BCUT2D eigenvalue weighted by molar-refractivity contribution is 0.339. The van der Waals surface area contributed by atoms with E-state index < -0.39 is 10.0 Å². The molecule has 0 aromatic heterocycles. The van der Waals surface area contributed by atoms with Crippen molar-refractivity contribution in [3.63, 3.8) is 0 Å². The molecule has 4 nitrogen and oxygen atoms in total. The van der Waals surface area contributed by atoms with Gasteiger partial charge in [-0.1, -0.05) is 11.6 Å². The predicted octanol–water partition coefficient (Wildman–Crippen LogP) is 2.02. The van der Waals surface area contributed by atoms with Gasteiger partial charge < -0.3 is 5.32 Å². The highest BCUT2D eigenvalue weighted by Gasteiger charge is 2.40.